The van der Waals surface area contributed by atoms with Crippen LogP contribution in [0, 0.1) is 0 Å². The number of halogens is 1. The smallest absolute Gasteiger partial charge is 0.268 e. The highest BCUT2D eigenvalue weighted by atomic mass is 35.5. The standard InChI is InChI=1S/C26H21ClN4O4S2/c1-35-20-10-8-19(9-11-20)29-24(32)16-36-26-28-14-23-25(30-26)21-12-7-18(27)13-22(21)31(37(23,33)34)15-17-5-3-2-4-6-17/h2-14H,15-16H2,1H3,(H,29,32). The molecule has 1 aromatic heterocycles. The average molecular weight is 553 g/mol. The molecule has 1 N–H and O–H groups in total. The number of rotatable bonds is 7. The number of nitrogens with zero attached hydrogens (tertiary/aromatic N) is 3. The highest BCUT2D eigenvalue weighted by Crippen LogP contribution is 2.44. The first kappa shape index (κ1) is 25.1. The van der Waals surface area contributed by atoms with Gasteiger partial charge in [-0.15, -0.1) is 0 Å². The predicted molar refractivity (Wildman–Crippen MR) is 145 cm³/mol. The minimum Gasteiger partial charge on any atom is -0.497 e. The molecule has 0 bridgehead atoms. The Bertz CT molecular complexity index is 1570. The van der Waals surface area contributed by atoms with Gasteiger partial charge < -0.3 is 10.1 Å². The van der Waals surface area contributed by atoms with E-state index in [1.165, 1.54) is 10.5 Å². The number of methoxy groups -OCH3 is 1. The molecule has 3 aromatic carbocycles. The third-order valence-corrected chi connectivity index (χ3v) is 8.52. The number of carbonyl (C=O) groups is 1. The zero-order chi connectivity index (χ0) is 26.0. The predicted octanol–water partition coefficient (Wildman–Crippen LogP) is 5.25. The van der Waals surface area contributed by atoms with Crippen LogP contribution in [0.4, 0.5) is 11.4 Å². The largest absolute Gasteiger partial charge is 0.497 e. The summed E-state index contributed by atoms with van der Waals surface area (Å²) in [5.74, 6) is 0.490. The fraction of sp³-hybridized carbons (Fsp3) is 0.115. The van der Waals surface area contributed by atoms with Gasteiger partial charge in [0, 0.05) is 16.3 Å². The maximum atomic E-state index is 13.6. The molecule has 0 radical (unpaired) electrons. The van der Waals surface area contributed by atoms with E-state index in [4.69, 9.17) is 16.3 Å². The van der Waals surface area contributed by atoms with Gasteiger partial charge in [-0.1, -0.05) is 53.7 Å². The lowest BCUT2D eigenvalue weighted by molar-refractivity contribution is -0.113. The molecule has 0 aliphatic carbocycles. The fourth-order valence-corrected chi connectivity index (χ4v) is 6.22. The summed E-state index contributed by atoms with van der Waals surface area (Å²) in [6.45, 7) is 0.137. The first-order valence-corrected chi connectivity index (χ1v) is 14.0. The number of aromatic nitrogens is 2. The van der Waals surface area contributed by atoms with Crippen LogP contribution in [0.15, 0.2) is 89.0 Å². The summed E-state index contributed by atoms with van der Waals surface area (Å²) in [5.41, 5.74) is 2.81. The molecule has 0 unspecified atom stereocenters. The normalized spacial score (nSPS) is 13.4. The van der Waals surface area contributed by atoms with Crippen molar-refractivity contribution in [2.75, 3.05) is 22.5 Å². The molecule has 5 rings (SSSR count). The minimum absolute atomic E-state index is 0.00490. The van der Waals surface area contributed by atoms with Crippen molar-refractivity contribution in [2.45, 2.75) is 16.6 Å². The van der Waals surface area contributed by atoms with Crippen LogP contribution in [0.1, 0.15) is 5.56 Å². The average Bonchev–Trinajstić information content (AvgIpc) is 2.91. The number of anilines is 2. The molecule has 37 heavy (non-hydrogen) atoms. The van der Waals surface area contributed by atoms with Gasteiger partial charge in [0.15, 0.2) is 5.16 Å². The first-order valence-electron chi connectivity index (χ1n) is 11.2. The number of hydrogen-bond donors (Lipinski definition) is 1. The molecule has 0 spiro atoms. The van der Waals surface area contributed by atoms with E-state index in [-0.39, 0.29) is 34.0 Å². The van der Waals surface area contributed by atoms with Crippen molar-refractivity contribution in [2.24, 2.45) is 0 Å². The lowest BCUT2D eigenvalue weighted by atomic mass is 10.1. The monoisotopic (exact) mass is 552 g/mol. The third kappa shape index (κ3) is 5.27. The first-order chi connectivity index (χ1) is 17.8. The number of ether oxygens (including phenoxy) is 1. The van der Waals surface area contributed by atoms with Gasteiger partial charge in [-0.2, -0.15) is 0 Å². The molecule has 1 amide bonds. The maximum Gasteiger partial charge on any atom is 0.268 e. The zero-order valence-electron chi connectivity index (χ0n) is 19.6. The summed E-state index contributed by atoms with van der Waals surface area (Å²) < 4.78 is 33.7. The topological polar surface area (TPSA) is 101 Å². The van der Waals surface area contributed by atoms with E-state index in [2.05, 4.69) is 15.3 Å². The van der Waals surface area contributed by atoms with Gasteiger partial charge in [0.1, 0.15) is 10.6 Å². The van der Waals surface area contributed by atoms with E-state index in [1.54, 1.807) is 49.6 Å². The number of carbonyl (C=O) groups excluding carboxylic acids is 1. The lowest BCUT2D eigenvalue weighted by Gasteiger charge is -2.31. The van der Waals surface area contributed by atoms with Gasteiger partial charge in [-0.25, -0.2) is 18.4 Å². The number of benzene rings is 3. The molecule has 8 nitrogen and oxygen atoms in total. The highest BCUT2D eigenvalue weighted by Gasteiger charge is 2.37. The van der Waals surface area contributed by atoms with Crippen molar-refractivity contribution in [1.29, 1.82) is 0 Å². The number of amides is 1. The van der Waals surface area contributed by atoms with Gasteiger partial charge in [0.25, 0.3) is 10.0 Å². The molecule has 188 valence electrons. The second-order valence-corrected chi connectivity index (χ2v) is 11.3. The molecule has 0 saturated heterocycles. The van der Waals surface area contributed by atoms with E-state index in [0.717, 1.165) is 17.3 Å². The van der Waals surface area contributed by atoms with Crippen molar-refractivity contribution >= 4 is 50.7 Å². The van der Waals surface area contributed by atoms with E-state index >= 15 is 0 Å². The van der Waals surface area contributed by atoms with E-state index in [0.29, 0.717) is 27.7 Å². The number of sulfonamides is 1. The Hall–Kier alpha value is -3.60. The number of thioether (sulfide) groups is 1. The molecule has 1 aliphatic rings. The Morgan fingerprint density at radius 1 is 1.08 bits per heavy atom. The van der Waals surface area contributed by atoms with Crippen molar-refractivity contribution < 1.29 is 17.9 Å². The molecule has 1 aliphatic heterocycles. The molecule has 0 fully saturated rings. The van der Waals surface area contributed by atoms with Gasteiger partial charge in [0.2, 0.25) is 5.91 Å². The maximum absolute atomic E-state index is 13.6. The Morgan fingerprint density at radius 2 is 1.84 bits per heavy atom. The molecule has 11 heteroatoms. The van der Waals surface area contributed by atoms with Crippen molar-refractivity contribution in [3.63, 3.8) is 0 Å². The van der Waals surface area contributed by atoms with Crippen LogP contribution in [0.25, 0.3) is 11.3 Å². The van der Waals surface area contributed by atoms with Gasteiger partial charge in [-0.3, -0.25) is 9.10 Å². The molecule has 4 aromatic rings. The van der Waals surface area contributed by atoms with Crippen LogP contribution < -0.4 is 14.4 Å². The fourth-order valence-electron chi connectivity index (χ4n) is 3.89. The van der Waals surface area contributed by atoms with Crippen LogP contribution in [-0.2, 0) is 21.4 Å². The SMILES string of the molecule is COc1ccc(NC(=O)CSc2ncc3c(n2)-c2ccc(Cl)cc2N(Cc2ccccc2)S3(=O)=O)cc1. The van der Waals surface area contributed by atoms with Gasteiger partial charge in [-0.05, 0) is 48.0 Å². The minimum atomic E-state index is -3.95. The van der Waals surface area contributed by atoms with Crippen LogP contribution in [0.2, 0.25) is 5.02 Å². The van der Waals surface area contributed by atoms with E-state index in [9.17, 15) is 13.2 Å². The lowest BCUT2D eigenvalue weighted by Crippen LogP contribution is -2.34. The van der Waals surface area contributed by atoms with Crippen LogP contribution >= 0.6 is 23.4 Å². The van der Waals surface area contributed by atoms with Crippen molar-refractivity contribution in [1.82, 2.24) is 9.97 Å². The second-order valence-electron chi connectivity index (χ2n) is 8.09. The molecular formula is C26H21ClN4O4S2. The highest BCUT2D eigenvalue weighted by molar-refractivity contribution is 7.99. The second kappa shape index (κ2) is 10.4. The molecular weight excluding hydrogens is 532 g/mol. The molecule has 0 saturated carbocycles. The molecule has 2 heterocycles. The van der Waals surface area contributed by atoms with E-state index in [1.807, 2.05) is 30.3 Å². The number of hydrogen-bond acceptors (Lipinski definition) is 7. The van der Waals surface area contributed by atoms with Crippen LogP contribution in [0.5, 0.6) is 5.75 Å². The zero-order valence-corrected chi connectivity index (χ0v) is 22.0. The number of nitrogens with one attached hydrogen (secondary N) is 1. The Morgan fingerprint density at radius 3 is 2.57 bits per heavy atom. The Kier molecular flexibility index (Phi) is 7.05. The van der Waals surface area contributed by atoms with Crippen molar-refractivity contribution in [3.8, 4) is 17.0 Å². The molecule has 0 atom stereocenters. The summed E-state index contributed by atoms with van der Waals surface area (Å²) in [6, 6.07) is 21.4. The summed E-state index contributed by atoms with van der Waals surface area (Å²) in [7, 11) is -2.38. The van der Waals surface area contributed by atoms with Gasteiger partial charge in [0.05, 0.1) is 37.0 Å². The summed E-state index contributed by atoms with van der Waals surface area (Å²) in [4.78, 5) is 21.2. The summed E-state index contributed by atoms with van der Waals surface area (Å²) in [6.07, 6.45) is 1.30. The Balaban J connectivity index is 1.40. The van der Waals surface area contributed by atoms with E-state index < -0.39 is 10.0 Å². The van der Waals surface area contributed by atoms with Crippen LogP contribution in [-0.4, -0.2) is 37.2 Å². The Labute approximate surface area is 223 Å². The quantitative estimate of drug-likeness (QED) is 0.247. The third-order valence-electron chi connectivity index (χ3n) is 5.66. The van der Waals surface area contributed by atoms with Crippen LogP contribution in [0.3, 0.4) is 0 Å². The van der Waals surface area contributed by atoms with Crippen molar-refractivity contribution in [3.05, 3.63) is 89.6 Å². The number of fused-ring (bicyclic) bond motifs is 3. The summed E-state index contributed by atoms with van der Waals surface area (Å²) in [5, 5.41) is 3.50. The summed E-state index contributed by atoms with van der Waals surface area (Å²) >= 11 is 7.37. The van der Waals surface area contributed by atoms with Gasteiger partial charge >= 0.3 is 0 Å².